The molecule has 0 unspecified atom stereocenters. The van der Waals surface area contributed by atoms with Gasteiger partial charge < -0.3 is 15.4 Å². The first-order chi connectivity index (χ1) is 9.10. The van der Waals surface area contributed by atoms with Gasteiger partial charge in [0.05, 0.1) is 5.71 Å². The smallest absolute Gasteiger partial charge is 0.128 e. The number of hydrogen-bond donors (Lipinski definition) is 3. The SMILES string of the molecule is ON=C(Cc1ccc(Br)cc1)c1ccc(O)cc1O. The molecule has 5 heteroatoms. The summed E-state index contributed by atoms with van der Waals surface area (Å²) in [5.41, 5.74) is 1.67. The lowest BCUT2D eigenvalue weighted by atomic mass is 10.0. The van der Waals surface area contributed by atoms with E-state index in [4.69, 9.17) is 5.21 Å². The normalized spacial score (nSPS) is 11.5. The molecule has 2 aromatic carbocycles. The van der Waals surface area contributed by atoms with Crippen molar-refractivity contribution in [2.24, 2.45) is 5.16 Å². The quantitative estimate of drug-likeness (QED) is 0.461. The Bertz CT molecular complexity index is 609. The van der Waals surface area contributed by atoms with Gasteiger partial charge in [-0.05, 0) is 29.8 Å². The Kier molecular flexibility index (Phi) is 4.06. The molecule has 0 amide bonds. The Morgan fingerprint density at radius 3 is 2.32 bits per heavy atom. The zero-order valence-electron chi connectivity index (χ0n) is 9.92. The summed E-state index contributed by atoms with van der Waals surface area (Å²) in [7, 11) is 0. The molecule has 0 heterocycles. The van der Waals surface area contributed by atoms with Gasteiger partial charge in [-0.25, -0.2) is 0 Å². The molecule has 0 aliphatic heterocycles. The summed E-state index contributed by atoms with van der Waals surface area (Å²) in [4.78, 5) is 0. The molecule has 0 aliphatic carbocycles. The van der Waals surface area contributed by atoms with Crippen molar-refractivity contribution in [2.45, 2.75) is 6.42 Å². The van der Waals surface area contributed by atoms with Gasteiger partial charge in [0.25, 0.3) is 0 Å². The van der Waals surface area contributed by atoms with E-state index in [0.29, 0.717) is 17.7 Å². The second kappa shape index (κ2) is 5.75. The number of benzene rings is 2. The lowest BCUT2D eigenvalue weighted by Gasteiger charge is -2.07. The minimum absolute atomic E-state index is 0.0396. The molecule has 0 bridgehead atoms. The Balaban J connectivity index is 2.28. The summed E-state index contributed by atoms with van der Waals surface area (Å²) in [5, 5.41) is 31.3. The Labute approximate surface area is 118 Å². The number of aromatic hydroxyl groups is 2. The van der Waals surface area contributed by atoms with Crippen molar-refractivity contribution in [1.82, 2.24) is 0 Å². The van der Waals surface area contributed by atoms with Gasteiger partial charge in [0.2, 0.25) is 0 Å². The van der Waals surface area contributed by atoms with E-state index in [2.05, 4.69) is 21.1 Å². The van der Waals surface area contributed by atoms with E-state index in [-0.39, 0.29) is 11.5 Å². The third-order valence-electron chi connectivity index (χ3n) is 2.70. The van der Waals surface area contributed by atoms with Crippen LogP contribution in [0.15, 0.2) is 52.1 Å². The summed E-state index contributed by atoms with van der Waals surface area (Å²) in [6, 6.07) is 11.7. The maximum atomic E-state index is 9.76. The van der Waals surface area contributed by atoms with Gasteiger partial charge in [0, 0.05) is 22.5 Å². The molecule has 0 saturated carbocycles. The zero-order valence-corrected chi connectivity index (χ0v) is 11.5. The van der Waals surface area contributed by atoms with Crippen molar-refractivity contribution < 1.29 is 15.4 Å². The van der Waals surface area contributed by atoms with Crippen molar-refractivity contribution in [3.63, 3.8) is 0 Å². The van der Waals surface area contributed by atoms with Crippen LogP contribution < -0.4 is 0 Å². The summed E-state index contributed by atoms with van der Waals surface area (Å²) in [6.07, 6.45) is 0.377. The van der Waals surface area contributed by atoms with Crippen molar-refractivity contribution in [1.29, 1.82) is 0 Å². The molecule has 0 spiro atoms. The molecule has 2 aromatic rings. The van der Waals surface area contributed by atoms with Crippen LogP contribution in [-0.2, 0) is 6.42 Å². The maximum Gasteiger partial charge on any atom is 0.128 e. The standard InChI is InChI=1S/C14H12BrNO3/c15-10-3-1-9(2-4-10)7-13(16-19)12-6-5-11(17)8-14(12)18/h1-6,8,17-19H,7H2. The number of phenolic OH excluding ortho intramolecular Hbond substituents is 2. The summed E-state index contributed by atoms with van der Waals surface area (Å²) < 4.78 is 0.964. The van der Waals surface area contributed by atoms with Crippen LogP contribution in [0.5, 0.6) is 11.5 Å². The molecular formula is C14H12BrNO3. The highest BCUT2D eigenvalue weighted by Gasteiger charge is 2.11. The van der Waals surface area contributed by atoms with Crippen LogP contribution in [0.25, 0.3) is 0 Å². The Hall–Kier alpha value is -2.01. The number of rotatable bonds is 3. The summed E-state index contributed by atoms with van der Waals surface area (Å²) in [5.74, 6) is -0.160. The lowest BCUT2D eigenvalue weighted by molar-refractivity contribution is 0.318. The predicted octanol–water partition coefficient (Wildman–Crippen LogP) is 3.28. The van der Waals surface area contributed by atoms with Gasteiger partial charge in [-0.3, -0.25) is 0 Å². The summed E-state index contributed by atoms with van der Waals surface area (Å²) >= 11 is 3.35. The molecular weight excluding hydrogens is 310 g/mol. The van der Waals surface area contributed by atoms with Crippen LogP contribution in [0.1, 0.15) is 11.1 Å². The molecule has 0 aliphatic rings. The largest absolute Gasteiger partial charge is 0.508 e. The topological polar surface area (TPSA) is 73.1 Å². The molecule has 0 fully saturated rings. The van der Waals surface area contributed by atoms with Crippen molar-refractivity contribution in [3.05, 3.63) is 58.1 Å². The van der Waals surface area contributed by atoms with Crippen molar-refractivity contribution in [2.75, 3.05) is 0 Å². The molecule has 98 valence electrons. The first-order valence-corrected chi connectivity index (χ1v) is 6.37. The van der Waals surface area contributed by atoms with Crippen molar-refractivity contribution >= 4 is 21.6 Å². The van der Waals surface area contributed by atoms with E-state index in [0.717, 1.165) is 10.0 Å². The van der Waals surface area contributed by atoms with Gasteiger partial charge in [-0.1, -0.05) is 33.2 Å². The van der Waals surface area contributed by atoms with E-state index < -0.39 is 0 Å². The summed E-state index contributed by atoms with van der Waals surface area (Å²) in [6.45, 7) is 0. The molecule has 2 rings (SSSR count). The number of oxime groups is 1. The fourth-order valence-corrected chi connectivity index (χ4v) is 2.01. The monoisotopic (exact) mass is 321 g/mol. The van der Waals surface area contributed by atoms with Gasteiger partial charge in [0.1, 0.15) is 11.5 Å². The van der Waals surface area contributed by atoms with Crippen LogP contribution in [0.2, 0.25) is 0 Å². The first kappa shape index (κ1) is 13.4. The molecule has 19 heavy (non-hydrogen) atoms. The van der Waals surface area contributed by atoms with Crippen LogP contribution in [-0.4, -0.2) is 21.1 Å². The molecule has 0 saturated heterocycles. The zero-order chi connectivity index (χ0) is 13.8. The van der Waals surface area contributed by atoms with Crippen LogP contribution >= 0.6 is 15.9 Å². The number of halogens is 1. The highest BCUT2D eigenvalue weighted by molar-refractivity contribution is 9.10. The van der Waals surface area contributed by atoms with Gasteiger partial charge in [0.15, 0.2) is 0 Å². The minimum Gasteiger partial charge on any atom is -0.508 e. The van der Waals surface area contributed by atoms with Crippen molar-refractivity contribution in [3.8, 4) is 11.5 Å². The lowest BCUT2D eigenvalue weighted by Crippen LogP contribution is -2.05. The maximum absolute atomic E-state index is 9.76. The average molecular weight is 322 g/mol. The predicted molar refractivity (Wildman–Crippen MR) is 75.9 cm³/mol. The molecule has 3 N–H and O–H groups in total. The third-order valence-corrected chi connectivity index (χ3v) is 3.23. The minimum atomic E-state index is -0.120. The van der Waals surface area contributed by atoms with E-state index in [1.807, 2.05) is 24.3 Å². The molecule has 0 aromatic heterocycles. The first-order valence-electron chi connectivity index (χ1n) is 5.58. The van der Waals surface area contributed by atoms with E-state index in [1.54, 1.807) is 0 Å². The Morgan fingerprint density at radius 1 is 1.05 bits per heavy atom. The van der Waals surface area contributed by atoms with E-state index >= 15 is 0 Å². The van der Waals surface area contributed by atoms with Crippen LogP contribution in [0.3, 0.4) is 0 Å². The van der Waals surface area contributed by atoms with Gasteiger partial charge >= 0.3 is 0 Å². The second-order valence-electron chi connectivity index (χ2n) is 4.05. The second-order valence-corrected chi connectivity index (χ2v) is 4.97. The fourth-order valence-electron chi connectivity index (χ4n) is 1.74. The fraction of sp³-hybridized carbons (Fsp3) is 0.0714. The Morgan fingerprint density at radius 2 is 1.74 bits per heavy atom. The van der Waals surface area contributed by atoms with Crippen LogP contribution in [0, 0.1) is 0 Å². The molecule has 0 atom stereocenters. The van der Waals surface area contributed by atoms with Gasteiger partial charge in [-0.15, -0.1) is 0 Å². The van der Waals surface area contributed by atoms with Gasteiger partial charge in [-0.2, -0.15) is 0 Å². The number of hydrogen-bond acceptors (Lipinski definition) is 4. The highest BCUT2D eigenvalue weighted by atomic mass is 79.9. The number of phenols is 2. The third kappa shape index (κ3) is 3.26. The van der Waals surface area contributed by atoms with Crippen LogP contribution in [0.4, 0.5) is 0 Å². The molecule has 0 radical (unpaired) electrons. The van der Waals surface area contributed by atoms with E-state index in [1.165, 1.54) is 18.2 Å². The van der Waals surface area contributed by atoms with E-state index in [9.17, 15) is 10.2 Å². The number of nitrogens with zero attached hydrogens (tertiary/aromatic N) is 1. The highest BCUT2D eigenvalue weighted by Crippen LogP contribution is 2.24. The molecule has 4 nitrogen and oxygen atoms in total. The average Bonchev–Trinajstić information content (AvgIpc) is 2.39.